The van der Waals surface area contributed by atoms with Crippen molar-refractivity contribution in [3.05, 3.63) is 53.3 Å². The summed E-state index contributed by atoms with van der Waals surface area (Å²) in [6, 6.07) is 6.29. The summed E-state index contributed by atoms with van der Waals surface area (Å²) in [5.41, 5.74) is 0.465. The highest BCUT2D eigenvalue weighted by Gasteiger charge is 2.46. The van der Waals surface area contributed by atoms with Crippen molar-refractivity contribution in [3.63, 3.8) is 0 Å². The summed E-state index contributed by atoms with van der Waals surface area (Å²) in [5, 5.41) is 0.110. The lowest BCUT2D eigenvalue weighted by atomic mass is 9.98. The van der Waals surface area contributed by atoms with Gasteiger partial charge in [0.15, 0.2) is 5.75 Å². The molecule has 224 valence electrons. The van der Waals surface area contributed by atoms with Gasteiger partial charge in [-0.3, -0.25) is 14.5 Å². The predicted molar refractivity (Wildman–Crippen MR) is 161 cm³/mol. The van der Waals surface area contributed by atoms with E-state index in [1.807, 2.05) is 0 Å². The van der Waals surface area contributed by atoms with Gasteiger partial charge < -0.3 is 24.3 Å². The second kappa shape index (κ2) is 11.1. The van der Waals surface area contributed by atoms with E-state index >= 15 is 4.39 Å². The highest BCUT2D eigenvalue weighted by atomic mass is 35.5. The lowest BCUT2D eigenvalue weighted by Gasteiger charge is -2.40. The van der Waals surface area contributed by atoms with Crippen LogP contribution in [0.15, 0.2) is 36.9 Å². The largest absolute Gasteiger partial charge is 0.489 e. The quantitative estimate of drug-likeness (QED) is 0.501. The summed E-state index contributed by atoms with van der Waals surface area (Å²) in [6.07, 6.45) is 2.18. The van der Waals surface area contributed by atoms with Gasteiger partial charge in [-0.15, -0.1) is 0 Å². The number of carbonyl (C=O) groups excluding carboxylic acids is 2. The first-order chi connectivity index (χ1) is 20.1. The smallest absolute Gasteiger partial charge is 0.261 e. The van der Waals surface area contributed by atoms with Crippen LogP contribution in [0.4, 0.5) is 10.2 Å². The van der Waals surface area contributed by atoms with E-state index in [-0.39, 0.29) is 58.1 Å². The molecule has 2 atom stereocenters. The van der Waals surface area contributed by atoms with E-state index in [9.17, 15) is 9.59 Å². The van der Waals surface area contributed by atoms with Crippen LogP contribution in [0, 0.1) is 5.82 Å². The number of rotatable bonds is 4. The third kappa shape index (κ3) is 5.03. The van der Waals surface area contributed by atoms with Gasteiger partial charge in [-0.05, 0) is 45.5 Å². The van der Waals surface area contributed by atoms with Crippen molar-refractivity contribution in [2.75, 3.05) is 70.9 Å². The third-order valence-corrected chi connectivity index (χ3v) is 9.59. The van der Waals surface area contributed by atoms with Crippen molar-refractivity contribution in [2.45, 2.75) is 37.9 Å². The third-order valence-electron chi connectivity index (χ3n) is 9.24. The van der Waals surface area contributed by atoms with Gasteiger partial charge in [0.05, 0.1) is 11.7 Å². The van der Waals surface area contributed by atoms with Gasteiger partial charge in [-0.1, -0.05) is 30.3 Å². The normalized spacial score (nSPS) is 24.6. The van der Waals surface area contributed by atoms with Crippen molar-refractivity contribution >= 4 is 29.2 Å². The number of halogens is 2. The van der Waals surface area contributed by atoms with E-state index in [4.69, 9.17) is 21.3 Å². The fraction of sp³-hybridized carbons (Fsp3) is 0.516. The molecule has 1 aromatic heterocycles. The van der Waals surface area contributed by atoms with Crippen LogP contribution < -0.4 is 9.64 Å². The fourth-order valence-corrected chi connectivity index (χ4v) is 7.11. The summed E-state index contributed by atoms with van der Waals surface area (Å²) >= 11 is 6.95. The van der Waals surface area contributed by atoms with E-state index in [0.29, 0.717) is 37.6 Å². The highest BCUT2D eigenvalue weighted by molar-refractivity contribution is 6.35. The first-order valence-corrected chi connectivity index (χ1v) is 15.0. The lowest BCUT2D eigenvalue weighted by molar-refractivity contribution is -0.128. The van der Waals surface area contributed by atoms with Crippen LogP contribution in [-0.4, -0.2) is 120 Å². The molecule has 2 aromatic rings. The number of amides is 2. The molecule has 4 aliphatic heterocycles. The molecule has 0 bridgehead atoms. The first kappa shape index (κ1) is 28.9. The molecule has 42 heavy (non-hydrogen) atoms. The molecule has 3 fully saturated rings. The number of hydrogen-bond acceptors (Lipinski definition) is 7. The van der Waals surface area contributed by atoms with Crippen LogP contribution in [0.3, 0.4) is 0 Å². The molecule has 0 unspecified atom stereocenters. The minimum absolute atomic E-state index is 0.110. The lowest BCUT2D eigenvalue weighted by Crippen LogP contribution is -2.57. The number of anilines is 1. The Morgan fingerprint density at radius 1 is 1.12 bits per heavy atom. The van der Waals surface area contributed by atoms with Gasteiger partial charge in [0.25, 0.3) is 5.91 Å². The average Bonchev–Trinajstić information content (AvgIpc) is 3.22. The van der Waals surface area contributed by atoms with Crippen LogP contribution in [0.25, 0.3) is 11.3 Å². The Balaban J connectivity index is 1.45. The Kier molecular flexibility index (Phi) is 7.66. The van der Waals surface area contributed by atoms with Crippen molar-refractivity contribution < 1.29 is 18.7 Å². The van der Waals surface area contributed by atoms with E-state index in [1.165, 1.54) is 12.1 Å². The second-order valence-electron chi connectivity index (χ2n) is 12.4. The Morgan fingerprint density at radius 3 is 2.57 bits per heavy atom. The van der Waals surface area contributed by atoms with E-state index < -0.39 is 5.82 Å². The maximum absolute atomic E-state index is 15.2. The zero-order chi connectivity index (χ0) is 29.8. The van der Waals surface area contributed by atoms with Crippen LogP contribution in [0.1, 0.15) is 30.6 Å². The number of fused-ring (bicyclic) bond motifs is 2. The van der Waals surface area contributed by atoms with Crippen molar-refractivity contribution in [3.8, 4) is 17.0 Å². The molecule has 11 heteroatoms. The molecular weight excluding hydrogens is 559 g/mol. The summed E-state index contributed by atoms with van der Waals surface area (Å²) in [4.78, 5) is 42.3. The molecule has 9 nitrogen and oxygen atoms in total. The summed E-state index contributed by atoms with van der Waals surface area (Å²) in [6.45, 7) is 13.8. The number of piperazine rings is 2. The summed E-state index contributed by atoms with van der Waals surface area (Å²) in [5.74, 6) is -0.185. The number of carbonyl (C=O) groups is 2. The minimum Gasteiger partial charge on any atom is -0.489 e. The molecule has 4 aliphatic rings. The zero-order valence-electron chi connectivity index (χ0n) is 24.5. The summed E-state index contributed by atoms with van der Waals surface area (Å²) < 4.78 is 21.5. The average molecular weight is 597 g/mol. The molecular formula is C31H38ClFN6O3. The van der Waals surface area contributed by atoms with E-state index in [1.54, 1.807) is 28.0 Å². The Bertz CT molecular complexity index is 1410. The molecule has 0 spiro atoms. The van der Waals surface area contributed by atoms with Crippen molar-refractivity contribution in [1.82, 2.24) is 24.6 Å². The minimum atomic E-state index is -0.454. The number of likely N-dealkylation sites (N-methyl/N-ethyl adjacent to an activating group) is 1. The SMILES string of the molecule is C=CC(=O)N1CCN2C(=O)c3c(N4C[C@@H](N5CCN(C)CC5)CC4(C)C)nc(-c4ccccc4F)c(Cl)c3OC[C@H]2C1. The van der Waals surface area contributed by atoms with Crippen LogP contribution in [0.5, 0.6) is 5.75 Å². The molecule has 6 rings (SSSR count). The number of aromatic nitrogens is 1. The first-order valence-electron chi connectivity index (χ1n) is 14.6. The molecule has 0 saturated carbocycles. The fourth-order valence-electron chi connectivity index (χ4n) is 6.82. The molecule has 0 aliphatic carbocycles. The van der Waals surface area contributed by atoms with Crippen LogP contribution >= 0.6 is 11.6 Å². The summed E-state index contributed by atoms with van der Waals surface area (Å²) in [7, 11) is 2.14. The zero-order valence-corrected chi connectivity index (χ0v) is 25.2. The van der Waals surface area contributed by atoms with Gasteiger partial charge in [-0.25, -0.2) is 9.37 Å². The van der Waals surface area contributed by atoms with Gasteiger partial charge in [0, 0.05) is 69.5 Å². The molecule has 2 amide bonds. The topological polar surface area (TPSA) is 72.5 Å². The number of ether oxygens (including phenoxy) is 1. The predicted octanol–water partition coefficient (Wildman–Crippen LogP) is 3.38. The molecule has 0 N–H and O–H groups in total. The van der Waals surface area contributed by atoms with Gasteiger partial charge >= 0.3 is 0 Å². The molecule has 0 radical (unpaired) electrons. The number of benzene rings is 1. The van der Waals surface area contributed by atoms with E-state index in [2.05, 4.69) is 42.2 Å². The molecule has 1 aromatic carbocycles. The van der Waals surface area contributed by atoms with E-state index in [0.717, 1.165) is 32.6 Å². The van der Waals surface area contributed by atoms with Crippen LogP contribution in [0.2, 0.25) is 5.02 Å². The van der Waals surface area contributed by atoms with Crippen molar-refractivity contribution in [2.24, 2.45) is 0 Å². The number of nitrogens with zero attached hydrogens (tertiary/aromatic N) is 6. The maximum atomic E-state index is 15.2. The van der Waals surface area contributed by atoms with Gasteiger partial charge in [-0.2, -0.15) is 0 Å². The molecule has 3 saturated heterocycles. The Labute approximate surface area is 251 Å². The van der Waals surface area contributed by atoms with Crippen molar-refractivity contribution in [1.29, 1.82) is 0 Å². The number of hydrogen-bond donors (Lipinski definition) is 0. The van der Waals surface area contributed by atoms with Crippen LogP contribution in [-0.2, 0) is 4.79 Å². The Morgan fingerprint density at radius 2 is 1.86 bits per heavy atom. The number of pyridine rings is 1. The van der Waals surface area contributed by atoms with Gasteiger partial charge in [0.2, 0.25) is 5.91 Å². The maximum Gasteiger partial charge on any atom is 0.261 e. The highest BCUT2D eigenvalue weighted by Crippen LogP contribution is 2.47. The standard InChI is InChI=1S/C31H38ClFN6O3/c1-5-24(40)37-14-15-38-21(17-37)19-42-28-25(30(38)41)29(34-27(26(28)32)22-8-6-7-9-23(22)33)39-18-20(16-31(39,2)3)36-12-10-35(4)11-13-36/h5-9,20-21H,1,10-19H2,2-4H3/t20-,21+/m0/s1. The monoisotopic (exact) mass is 596 g/mol. The second-order valence-corrected chi connectivity index (χ2v) is 12.7. The Hall–Kier alpha value is -3.21. The van der Waals surface area contributed by atoms with Gasteiger partial charge in [0.1, 0.15) is 28.8 Å². The molecule has 5 heterocycles.